The van der Waals surface area contributed by atoms with Crippen molar-refractivity contribution in [3.63, 3.8) is 0 Å². The fourth-order valence-electron chi connectivity index (χ4n) is 18.7. The van der Waals surface area contributed by atoms with E-state index in [-0.39, 0.29) is 35.4 Å². The first-order valence-electron chi connectivity index (χ1n) is 43.9. The summed E-state index contributed by atoms with van der Waals surface area (Å²) in [5.74, 6) is 6.34. The molecule has 574 valence electrons. The molecule has 2 aliphatic carbocycles. The Bertz CT molecular complexity index is 2610. The van der Waals surface area contributed by atoms with E-state index in [1.165, 1.54) is 329 Å². The molecule has 0 aromatic heterocycles. The second kappa shape index (κ2) is 53.8. The lowest BCUT2D eigenvalue weighted by molar-refractivity contribution is -0.138. The van der Waals surface area contributed by atoms with Gasteiger partial charge in [-0.3, -0.25) is 38.6 Å². The third-order valence-electron chi connectivity index (χ3n) is 24.8. The quantitative estimate of drug-likeness (QED) is 0.0501. The highest BCUT2D eigenvalue weighted by molar-refractivity contribution is 6.13. The molecule has 6 amide bonds. The fourth-order valence-corrected chi connectivity index (χ4v) is 18.7. The van der Waals surface area contributed by atoms with Crippen LogP contribution in [0.4, 0.5) is 0 Å². The molecule has 0 spiro atoms. The highest BCUT2D eigenvalue weighted by Crippen LogP contribution is 2.50. The van der Waals surface area contributed by atoms with Crippen LogP contribution in [-0.2, 0) is 19.2 Å². The van der Waals surface area contributed by atoms with E-state index >= 15 is 0 Å². The number of amides is 6. The van der Waals surface area contributed by atoms with Gasteiger partial charge in [0.25, 0.3) is 35.4 Å². The average Bonchev–Trinajstić information content (AvgIpc) is 1.52. The molecule has 102 heavy (non-hydrogen) atoms. The first kappa shape index (κ1) is 86.1. The zero-order chi connectivity index (χ0) is 72.5. The summed E-state index contributed by atoms with van der Waals surface area (Å²) >= 11 is 0. The first-order valence-corrected chi connectivity index (χ1v) is 43.9. The summed E-state index contributed by atoms with van der Waals surface area (Å²) in [6.07, 6.45) is 76.2. The minimum Gasteiger partial charge on any atom is -0.352 e. The van der Waals surface area contributed by atoms with Crippen molar-refractivity contribution < 1.29 is 28.8 Å². The molecule has 8 atom stereocenters. The Balaban J connectivity index is 0.872. The van der Waals surface area contributed by atoms with Gasteiger partial charge in [0.1, 0.15) is 0 Å². The predicted octanol–water partition coefficient (Wildman–Crippen LogP) is 24.8. The summed E-state index contributed by atoms with van der Waals surface area (Å²) in [5, 5.41) is 6.43. The highest BCUT2D eigenvalue weighted by Gasteiger charge is 2.39. The molecular formula is C92H150N4O6. The molecule has 10 nitrogen and oxygen atoms in total. The van der Waals surface area contributed by atoms with E-state index in [2.05, 4.69) is 38.3 Å². The largest absolute Gasteiger partial charge is 0.352 e. The summed E-state index contributed by atoms with van der Waals surface area (Å²) in [5.41, 5.74) is 3.43. The number of nitrogens with one attached hydrogen (secondary N) is 2. The fraction of sp³-hybridized carbons (Fsp3) is 0.761. The predicted molar refractivity (Wildman–Crippen MR) is 428 cm³/mol. The minimum atomic E-state index is -0.160. The van der Waals surface area contributed by atoms with Gasteiger partial charge in [-0.2, -0.15) is 0 Å². The van der Waals surface area contributed by atoms with Gasteiger partial charge in [-0.05, 0) is 160 Å². The summed E-state index contributed by atoms with van der Waals surface area (Å²) in [4.78, 5) is 77.3. The third-order valence-corrected chi connectivity index (χ3v) is 24.8. The molecule has 2 saturated carbocycles. The molecule has 2 aromatic rings. The third kappa shape index (κ3) is 33.3. The maximum absolute atomic E-state index is 13.4. The van der Waals surface area contributed by atoms with Crippen LogP contribution < -0.4 is 10.6 Å². The molecule has 2 fully saturated rings. The van der Waals surface area contributed by atoms with Gasteiger partial charge in [0.05, 0.1) is 0 Å². The number of hydrogen-bond acceptors (Lipinski definition) is 6. The van der Waals surface area contributed by atoms with Crippen LogP contribution >= 0.6 is 0 Å². The molecule has 0 bridgehead atoms. The molecule has 2 aromatic carbocycles. The zero-order valence-electron chi connectivity index (χ0n) is 65.9. The van der Waals surface area contributed by atoms with Crippen molar-refractivity contribution in [1.82, 2.24) is 20.4 Å². The van der Waals surface area contributed by atoms with E-state index in [9.17, 15) is 28.8 Å². The van der Waals surface area contributed by atoms with Crippen LogP contribution in [0.2, 0.25) is 0 Å². The van der Waals surface area contributed by atoms with Crippen LogP contribution in [0.25, 0.3) is 11.1 Å². The van der Waals surface area contributed by atoms with Crippen molar-refractivity contribution in [2.45, 2.75) is 374 Å². The molecular weight excluding hydrogens is 1260 g/mol. The molecule has 0 radical (unpaired) electrons. The number of hydrogen-bond donors (Lipinski definition) is 2. The molecule has 10 heteroatoms. The smallest absolute Gasteiger partial charge is 0.253 e. The second-order valence-corrected chi connectivity index (χ2v) is 32.6. The maximum atomic E-state index is 13.4. The van der Waals surface area contributed by atoms with Gasteiger partial charge >= 0.3 is 0 Å². The van der Waals surface area contributed by atoms with Crippen molar-refractivity contribution in [3.8, 4) is 11.1 Å². The van der Waals surface area contributed by atoms with Crippen LogP contribution in [0.15, 0.2) is 72.8 Å². The number of nitrogens with zero attached hydrogens (tertiary/aromatic N) is 2. The van der Waals surface area contributed by atoms with Crippen molar-refractivity contribution in [1.29, 1.82) is 0 Å². The van der Waals surface area contributed by atoms with E-state index in [1.807, 2.05) is 48.5 Å². The van der Waals surface area contributed by atoms with Gasteiger partial charge in [-0.25, -0.2) is 0 Å². The van der Waals surface area contributed by atoms with Gasteiger partial charge in [0, 0.05) is 61.6 Å². The summed E-state index contributed by atoms with van der Waals surface area (Å²) in [7, 11) is 0. The van der Waals surface area contributed by atoms with Gasteiger partial charge < -0.3 is 10.6 Å². The maximum Gasteiger partial charge on any atom is 0.253 e. The van der Waals surface area contributed by atoms with Gasteiger partial charge in [-0.15, -0.1) is 0 Å². The van der Waals surface area contributed by atoms with Gasteiger partial charge in [-0.1, -0.05) is 322 Å². The summed E-state index contributed by atoms with van der Waals surface area (Å²) in [6, 6.07) is 15.8. The Morgan fingerprint density at radius 2 is 0.500 bits per heavy atom. The lowest BCUT2D eigenvalue weighted by Crippen LogP contribution is -2.35. The Kier molecular flexibility index (Phi) is 45.4. The average molecular weight is 1410 g/mol. The van der Waals surface area contributed by atoms with E-state index in [0.717, 1.165) is 110 Å². The Hall–Kier alpha value is -4.86. The number of rotatable bonds is 61. The van der Waals surface area contributed by atoms with E-state index in [0.29, 0.717) is 37.3 Å². The molecule has 2 aliphatic heterocycles. The second-order valence-electron chi connectivity index (χ2n) is 32.6. The highest BCUT2D eigenvalue weighted by atomic mass is 16.2. The molecule has 4 aliphatic rings. The van der Waals surface area contributed by atoms with E-state index in [4.69, 9.17) is 0 Å². The Labute approximate surface area is 624 Å². The molecule has 2 heterocycles. The van der Waals surface area contributed by atoms with Gasteiger partial charge in [0.15, 0.2) is 0 Å². The topological polar surface area (TPSA) is 133 Å². The monoisotopic (exact) mass is 1410 g/mol. The lowest BCUT2D eigenvalue weighted by atomic mass is 9.61. The standard InChI is InChI=1S/C92H150N4O6/c1-5-9-13-17-27-39-51-83-77(47-35-15-11-7-3)59-61-79(49-37-25-20-23-33-45-73-95-87(97)67-68-88(95)98)85(83)53-41-29-19-22-31-43-71-93-91(101)81-63-55-75(56-64-81)76-57-65-82(66-58-76)92(102)94-72-44-32-30-42-54-86-80(50-38-26-21-24-34-46-74-96-89(99)69-70-90(96)100)62-60-78(48-36-16-12-8-4)84(86)52-40-28-18-14-10-6-2/h55-58,63-70,77-80,83-86H,5-54,59-62,71-74H2,1-4H3,(H,93,101)(H,94,102). The molecule has 0 saturated heterocycles. The summed E-state index contributed by atoms with van der Waals surface area (Å²) in [6.45, 7) is 11.8. The van der Waals surface area contributed by atoms with Crippen molar-refractivity contribution in [2.24, 2.45) is 47.3 Å². The van der Waals surface area contributed by atoms with Crippen molar-refractivity contribution in [2.75, 3.05) is 26.2 Å². The molecule has 8 unspecified atom stereocenters. The van der Waals surface area contributed by atoms with Crippen molar-refractivity contribution >= 4 is 35.4 Å². The van der Waals surface area contributed by atoms with E-state index < -0.39 is 0 Å². The lowest BCUT2D eigenvalue weighted by Gasteiger charge is -2.44. The number of benzene rings is 2. The Morgan fingerprint density at radius 1 is 0.284 bits per heavy atom. The minimum absolute atomic E-state index is 0.0119. The van der Waals surface area contributed by atoms with Crippen LogP contribution in [0.5, 0.6) is 0 Å². The van der Waals surface area contributed by atoms with Crippen LogP contribution in [0.1, 0.15) is 395 Å². The first-order chi connectivity index (χ1) is 50.1. The SMILES string of the molecule is CCCCCCCCC1C(CCCCCC)CCC(CCCCCCCCN2C(=O)C=CC2=O)C1CCCCCCCCNC(=O)c1ccc(-c2ccc(C(=O)NCCCCCCC3C(CCCCCCCCN4C(=O)C=CC4=O)CCC(CCCCCC)C3CCCCCCCC)cc2)cc1. The van der Waals surface area contributed by atoms with Crippen LogP contribution in [0.3, 0.4) is 0 Å². The molecule has 2 N–H and O–H groups in total. The number of unbranched alkanes of at least 4 members (excludes halogenated alkanes) is 34. The number of carbonyl (C=O) groups excluding carboxylic acids is 6. The molecule has 6 rings (SSSR count). The Morgan fingerprint density at radius 3 is 0.765 bits per heavy atom. The van der Waals surface area contributed by atoms with Crippen LogP contribution in [0, 0.1) is 47.3 Å². The number of imide groups is 2. The summed E-state index contributed by atoms with van der Waals surface area (Å²) < 4.78 is 0. The van der Waals surface area contributed by atoms with Crippen molar-refractivity contribution in [3.05, 3.63) is 84.0 Å². The van der Waals surface area contributed by atoms with E-state index in [1.54, 1.807) is 0 Å². The normalized spacial score (nSPS) is 20.6. The zero-order valence-corrected chi connectivity index (χ0v) is 65.9. The van der Waals surface area contributed by atoms with Crippen LogP contribution in [-0.4, -0.2) is 71.4 Å². The number of carbonyl (C=O) groups is 6. The van der Waals surface area contributed by atoms with Gasteiger partial charge in [0.2, 0.25) is 0 Å².